The summed E-state index contributed by atoms with van der Waals surface area (Å²) in [7, 11) is 0. The summed E-state index contributed by atoms with van der Waals surface area (Å²) in [5.74, 6) is 2.55. The van der Waals surface area contributed by atoms with Crippen molar-refractivity contribution in [1.82, 2.24) is 5.32 Å². The fourth-order valence-electron chi connectivity index (χ4n) is 2.41. The molecular formula is C20H25NO2S. The molecule has 24 heavy (non-hydrogen) atoms. The second-order valence-corrected chi connectivity index (χ2v) is 7.05. The van der Waals surface area contributed by atoms with Crippen molar-refractivity contribution >= 4 is 17.7 Å². The Morgan fingerprint density at radius 3 is 2.62 bits per heavy atom. The van der Waals surface area contributed by atoms with Crippen LogP contribution >= 0.6 is 11.8 Å². The van der Waals surface area contributed by atoms with Gasteiger partial charge in [0.25, 0.3) is 5.91 Å². The molecule has 0 aliphatic rings. The maximum atomic E-state index is 11.8. The minimum atomic E-state index is -0.0777. The average molecular weight is 343 g/mol. The number of carbonyl (C=O) groups excluding carboxylic acids is 1. The predicted octanol–water partition coefficient (Wildman–Crippen LogP) is 4.04. The Bertz CT molecular complexity index is 685. The Morgan fingerprint density at radius 2 is 1.88 bits per heavy atom. The highest BCUT2D eigenvalue weighted by atomic mass is 32.2. The van der Waals surface area contributed by atoms with Gasteiger partial charge in [-0.25, -0.2) is 0 Å². The van der Waals surface area contributed by atoms with Gasteiger partial charge in [0.15, 0.2) is 6.61 Å². The summed E-state index contributed by atoms with van der Waals surface area (Å²) in [6, 6.07) is 14.5. The molecule has 4 heteroatoms. The van der Waals surface area contributed by atoms with Crippen molar-refractivity contribution in [3.8, 4) is 5.75 Å². The first kappa shape index (κ1) is 18.4. The van der Waals surface area contributed by atoms with Gasteiger partial charge >= 0.3 is 0 Å². The number of hydrogen-bond donors (Lipinski definition) is 1. The van der Waals surface area contributed by atoms with Crippen LogP contribution in [0.4, 0.5) is 0 Å². The molecule has 0 heterocycles. The molecule has 0 aromatic heterocycles. The molecule has 0 aliphatic heterocycles. The Hall–Kier alpha value is -1.94. The lowest BCUT2D eigenvalue weighted by molar-refractivity contribution is -0.122. The van der Waals surface area contributed by atoms with Gasteiger partial charge in [-0.05, 0) is 38.0 Å². The first-order valence-electron chi connectivity index (χ1n) is 8.14. The molecule has 0 radical (unpaired) electrons. The molecule has 0 fully saturated rings. The van der Waals surface area contributed by atoms with Gasteiger partial charge in [-0.3, -0.25) is 4.79 Å². The Morgan fingerprint density at radius 1 is 1.08 bits per heavy atom. The van der Waals surface area contributed by atoms with Gasteiger partial charge in [-0.1, -0.05) is 47.5 Å². The van der Waals surface area contributed by atoms with Crippen LogP contribution in [-0.2, 0) is 10.5 Å². The van der Waals surface area contributed by atoms with E-state index in [-0.39, 0.29) is 12.5 Å². The van der Waals surface area contributed by atoms with Crippen molar-refractivity contribution in [2.75, 3.05) is 18.9 Å². The smallest absolute Gasteiger partial charge is 0.257 e. The van der Waals surface area contributed by atoms with Gasteiger partial charge < -0.3 is 10.1 Å². The highest BCUT2D eigenvalue weighted by molar-refractivity contribution is 7.98. The SMILES string of the molecule is Cc1cccc(CSCCNC(=O)COc2ccc(C)cc2C)c1. The Labute approximate surface area is 148 Å². The molecule has 0 saturated carbocycles. The molecule has 2 aromatic rings. The van der Waals surface area contributed by atoms with Crippen molar-refractivity contribution < 1.29 is 9.53 Å². The van der Waals surface area contributed by atoms with Crippen molar-refractivity contribution in [3.63, 3.8) is 0 Å². The van der Waals surface area contributed by atoms with Crippen LogP contribution in [0, 0.1) is 20.8 Å². The minimum Gasteiger partial charge on any atom is -0.484 e. The number of ether oxygens (including phenoxy) is 1. The first-order valence-corrected chi connectivity index (χ1v) is 9.30. The molecule has 1 amide bonds. The molecule has 0 spiro atoms. The first-order chi connectivity index (χ1) is 11.5. The summed E-state index contributed by atoms with van der Waals surface area (Å²) in [6.07, 6.45) is 0. The second kappa shape index (κ2) is 9.38. The zero-order valence-electron chi connectivity index (χ0n) is 14.6. The van der Waals surface area contributed by atoms with E-state index in [9.17, 15) is 4.79 Å². The highest BCUT2D eigenvalue weighted by Gasteiger charge is 2.04. The molecule has 3 nitrogen and oxygen atoms in total. The molecule has 0 aliphatic carbocycles. The molecule has 0 atom stereocenters. The van der Waals surface area contributed by atoms with Crippen LogP contribution in [0.5, 0.6) is 5.75 Å². The Balaban J connectivity index is 1.61. The van der Waals surface area contributed by atoms with E-state index in [1.165, 1.54) is 16.7 Å². The van der Waals surface area contributed by atoms with Crippen LogP contribution in [0.2, 0.25) is 0 Å². The zero-order chi connectivity index (χ0) is 17.4. The largest absolute Gasteiger partial charge is 0.484 e. The number of rotatable bonds is 8. The molecular weight excluding hydrogens is 318 g/mol. The van der Waals surface area contributed by atoms with Crippen LogP contribution in [0.25, 0.3) is 0 Å². The highest BCUT2D eigenvalue weighted by Crippen LogP contribution is 2.18. The number of nitrogens with one attached hydrogen (secondary N) is 1. The normalized spacial score (nSPS) is 10.5. The molecule has 128 valence electrons. The lowest BCUT2D eigenvalue weighted by Crippen LogP contribution is -2.30. The summed E-state index contributed by atoms with van der Waals surface area (Å²) in [6.45, 7) is 6.85. The van der Waals surface area contributed by atoms with E-state index in [4.69, 9.17) is 4.74 Å². The van der Waals surface area contributed by atoms with Crippen molar-refractivity contribution in [3.05, 3.63) is 64.7 Å². The standard InChI is InChI=1S/C20H25NO2S/c1-15-5-4-6-18(12-15)14-24-10-9-21-20(22)13-23-19-8-7-16(2)11-17(19)3/h4-8,11-12H,9-10,13-14H2,1-3H3,(H,21,22). The van der Waals surface area contributed by atoms with Gasteiger partial charge in [-0.15, -0.1) is 0 Å². The summed E-state index contributed by atoms with van der Waals surface area (Å²) < 4.78 is 5.57. The van der Waals surface area contributed by atoms with Crippen LogP contribution < -0.4 is 10.1 Å². The lowest BCUT2D eigenvalue weighted by atomic mass is 10.1. The quantitative estimate of drug-likeness (QED) is 0.735. The number of hydrogen-bond acceptors (Lipinski definition) is 3. The third kappa shape index (κ3) is 6.28. The van der Waals surface area contributed by atoms with E-state index in [0.29, 0.717) is 6.54 Å². The molecule has 0 unspecified atom stereocenters. The number of aryl methyl sites for hydroxylation is 3. The van der Waals surface area contributed by atoms with Gasteiger partial charge in [0, 0.05) is 18.1 Å². The molecule has 2 rings (SSSR count). The van der Waals surface area contributed by atoms with Gasteiger partial charge in [0.2, 0.25) is 0 Å². The fraction of sp³-hybridized carbons (Fsp3) is 0.350. The maximum absolute atomic E-state index is 11.8. The van der Waals surface area contributed by atoms with E-state index in [1.807, 2.05) is 37.7 Å². The van der Waals surface area contributed by atoms with Crippen LogP contribution in [0.3, 0.4) is 0 Å². The summed E-state index contributed by atoms with van der Waals surface area (Å²) in [4.78, 5) is 11.8. The van der Waals surface area contributed by atoms with E-state index in [1.54, 1.807) is 0 Å². The number of carbonyl (C=O) groups is 1. The molecule has 0 saturated heterocycles. The van der Waals surface area contributed by atoms with E-state index in [2.05, 4.69) is 42.6 Å². The van der Waals surface area contributed by atoms with Crippen molar-refractivity contribution in [1.29, 1.82) is 0 Å². The number of amides is 1. The van der Waals surface area contributed by atoms with Gasteiger partial charge in [0.05, 0.1) is 0 Å². The van der Waals surface area contributed by atoms with Gasteiger partial charge in [-0.2, -0.15) is 11.8 Å². The maximum Gasteiger partial charge on any atom is 0.257 e. The average Bonchev–Trinajstić information content (AvgIpc) is 2.54. The van der Waals surface area contributed by atoms with E-state index >= 15 is 0 Å². The van der Waals surface area contributed by atoms with Crippen LogP contribution in [0.15, 0.2) is 42.5 Å². The number of benzene rings is 2. The third-order valence-electron chi connectivity index (χ3n) is 3.61. The topological polar surface area (TPSA) is 38.3 Å². The van der Waals surface area contributed by atoms with Crippen LogP contribution in [-0.4, -0.2) is 24.8 Å². The molecule has 1 N–H and O–H groups in total. The molecule has 2 aromatic carbocycles. The van der Waals surface area contributed by atoms with Crippen molar-refractivity contribution in [2.45, 2.75) is 26.5 Å². The fourth-order valence-corrected chi connectivity index (χ4v) is 3.22. The van der Waals surface area contributed by atoms with Crippen molar-refractivity contribution in [2.24, 2.45) is 0 Å². The summed E-state index contributed by atoms with van der Waals surface area (Å²) in [5, 5.41) is 2.90. The Kier molecular flexibility index (Phi) is 7.19. The number of thioether (sulfide) groups is 1. The molecule has 0 bridgehead atoms. The zero-order valence-corrected chi connectivity index (χ0v) is 15.4. The summed E-state index contributed by atoms with van der Waals surface area (Å²) >= 11 is 1.82. The second-order valence-electron chi connectivity index (χ2n) is 5.95. The predicted molar refractivity (Wildman–Crippen MR) is 102 cm³/mol. The summed E-state index contributed by atoms with van der Waals surface area (Å²) in [5.41, 5.74) is 4.85. The van der Waals surface area contributed by atoms with Crippen LogP contribution in [0.1, 0.15) is 22.3 Å². The minimum absolute atomic E-state index is 0.0620. The lowest BCUT2D eigenvalue weighted by Gasteiger charge is -2.10. The third-order valence-corrected chi connectivity index (χ3v) is 4.64. The monoisotopic (exact) mass is 343 g/mol. The van der Waals surface area contributed by atoms with E-state index < -0.39 is 0 Å². The van der Waals surface area contributed by atoms with Gasteiger partial charge in [0.1, 0.15) is 5.75 Å². The van der Waals surface area contributed by atoms with E-state index in [0.717, 1.165) is 22.8 Å².